The van der Waals surface area contributed by atoms with Crippen LogP contribution in [0.2, 0.25) is 0 Å². The van der Waals surface area contributed by atoms with Crippen LogP contribution in [0.1, 0.15) is 20.3 Å². The predicted octanol–water partition coefficient (Wildman–Crippen LogP) is -0.619. The number of hydrogen-bond donors (Lipinski definition) is 1. The fourth-order valence-electron chi connectivity index (χ4n) is 0.798. The summed E-state index contributed by atoms with van der Waals surface area (Å²) in [6.45, 7) is 3.87. The number of carboxylic acids is 1. The van der Waals surface area contributed by atoms with Gasteiger partial charge in [-0.1, -0.05) is 6.92 Å². The van der Waals surface area contributed by atoms with Crippen LogP contribution in [0, 0.1) is 0 Å². The second-order valence-corrected chi connectivity index (χ2v) is 4.56. The van der Waals surface area contributed by atoms with Crippen molar-refractivity contribution in [3.05, 3.63) is 0 Å². The van der Waals surface area contributed by atoms with E-state index in [1.54, 1.807) is 6.92 Å². The lowest BCUT2D eigenvalue weighted by Gasteiger charge is -2.21. The van der Waals surface area contributed by atoms with Crippen LogP contribution in [-0.2, 0) is 14.3 Å². The monoisotopic (exact) mass is 377 g/mol. The molecule has 6 nitrogen and oxygen atoms in total. The maximum absolute atomic E-state index is 10.2. The van der Waals surface area contributed by atoms with Crippen LogP contribution in [0.15, 0.2) is 0 Å². The Morgan fingerprint density at radius 2 is 1.78 bits per heavy atom. The van der Waals surface area contributed by atoms with Gasteiger partial charge in [0.25, 0.3) is 0 Å². The molecular weight excluding hydrogens is 353 g/mol. The van der Waals surface area contributed by atoms with Gasteiger partial charge in [0, 0.05) is 6.92 Å². The zero-order chi connectivity index (χ0) is 14.1. The maximum Gasteiger partial charge on any atom is 0.303 e. The van der Waals surface area contributed by atoms with Crippen LogP contribution in [0.25, 0.3) is 0 Å². The molecule has 0 spiro atoms. The van der Waals surface area contributed by atoms with Gasteiger partial charge < -0.3 is 24.2 Å². The molecule has 0 radical (unpaired) electrons. The molecule has 0 bridgehead atoms. The number of quaternary nitrogens is 1. The van der Waals surface area contributed by atoms with E-state index in [0.717, 1.165) is 18.0 Å². The number of likely N-dealkylation sites (N-methyl/N-ethyl adjacent to an activating group) is 1. The lowest BCUT2D eigenvalue weighted by molar-refractivity contribution is -0.870. The normalized spacial score (nSPS) is 11.4. The van der Waals surface area contributed by atoms with Crippen molar-refractivity contribution in [2.24, 2.45) is 0 Å². The van der Waals surface area contributed by atoms with Crippen molar-refractivity contribution in [2.75, 3.05) is 34.3 Å². The molecule has 0 aromatic heterocycles. The average Bonchev–Trinajstić information content (AvgIpc) is 2.12. The minimum absolute atomic E-state index is 0. The number of aliphatic hydroxyl groups is 1. The van der Waals surface area contributed by atoms with Crippen molar-refractivity contribution in [3.8, 4) is 0 Å². The van der Waals surface area contributed by atoms with E-state index in [1.165, 1.54) is 0 Å². The van der Waals surface area contributed by atoms with Crippen molar-refractivity contribution in [3.63, 3.8) is 0 Å². The quantitative estimate of drug-likeness (QED) is 0.392. The molecule has 7 heteroatoms. The maximum atomic E-state index is 10.2. The summed E-state index contributed by atoms with van der Waals surface area (Å²) in [7, 11) is 6.16. The van der Waals surface area contributed by atoms with E-state index in [2.05, 4.69) is 25.9 Å². The summed E-state index contributed by atoms with van der Waals surface area (Å²) in [5.74, 6) is -1.95. The SMILES string of the molecule is CCC(OC(C)=O)C(=O)[O-].C[N+](C)(C)CCO.I. The molecule has 0 aliphatic carbocycles. The van der Waals surface area contributed by atoms with Crippen molar-refractivity contribution in [1.29, 1.82) is 0 Å². The van der Waals surface area contributed by atoms with Crippen LogP contribution in [0.5, 0.6) is 0 Å². The van der Waals surface area contributed by atoms with Crippen LogP contribution in [-0.4, -0.2) is 61.9 Å². The van der Waals surface area contributed by atoms with Gasteiger partial charge >= 0.3 is 5.97 Å². The molecule has 0 aliphatic heterocycles. The zero-order valence-corrected chi connectivity index (χ0v) is 14.0. The van der Waals surface area contributed by atoms with Gasteiger partial charge in [0.1, 0.15) is 12.6 Å². The molecule has 0 aromatic carbocycles. The van der Waals surface area contributed by atoms with Crippen molar-refractivity contribution >= 4 is 35.9 Å². The third kappa shape index (κ3) is 18.0. The van der Waals surface area contributed by atoms with Gasteiger partial charge in [-0.15, -0.1) is 24.0 Å². The second kappa shape index (κ2) is 11.7. The predicted molar refractivity (Wildman–Crippen MR) is 76.3 cm³/mol. The number of aliphatic carboxylic acids is 1. The van der Waals surface area contributed by atoms with E-state index in [4.69, 9.17) is 5.11 Å². The van der Waals surface area contributed by atoms with E-state index >= 15 is 0 Å². The molecule has 18 heavy (non-hydrogen) atoms. The number of hydrogen-bond acceptors (Lipinski definition) is 5. The fourth-order valence-corrected chi connectivity index (χ4v) is 0.798. The molecule has 0 heterocycles. The summed E-state index contributed by atoms with van der Waals surface area (Å²) < 4.78 is 5.20. The molecular formula is C11H24INO5. The summed E-state index contributed by atoms with van der Waals surface area (Å²) >= 11 is 0. The van der Waals surface area contributed by atoms with E-state index in [0.29, 0.717) is 0 Å². The minimum Gasteiger partial charge on any atom is -0.546 e. The molecule has 0 aromatic rings. The molecule has 0 saturated heterocycles. The summed E-state index contributed by atoms with van der Waals surface area (Å²) in [6.07, 6.45) is -0.862. The first kappa shape index (κ1) is 22.7. The number of aliphatic hydroxyl groups excluding tert-OH is 1. The number of ether oxygens (including phenoxy) is 1. The zero-order valence-electron chi connectivity index (χ0n) is 11.6. The standard InChI is InChI=1S/C6H10O4.C5H14NO.HI/c1-3-5(6(8)9)10-4(2)7;1-6(2,3)4-5-7;/h5H,3H2,1-2H3,(H,8,9);7H,4-5H2,1-3H3;1H/q;+1;/p-1. The number of rotatable bonds is 5. The third-order valence-corrected chi connectivity index (χ3v) is 1.71. The Labute approximate surface area is 126 Å². The van der Waals surface area contributed by atoms with Crippen LogP contribution >= 0.6 is 24.0 Å². The Balaban J connectivity index is -0.000000251. The molecule has 0 amide bonds. The number of nitrogens with zero attached hydrogens (tertiary/aromatic N) is 1. The van der Waals surface area contributed by atoms with Crippen LogP contribution in [0.3, 0.4) is 0 Å². The van der Waals surface area contributed by atoms with E-state index in [-0.39, 0.29) is 37.0 Å². The first-order chi connectivity index (χ1) is 7.64. The first-order valence-electron chi connectivity index (χ1n) is 5.43. The highest BCUT2D eigenvalue weighted by molar-refractivity contribution is 14.0. The highest BCUT2D eigenvalue weighted by atomic mass is 127. The number of carbonyl (C=O) groups excluding carboxylic acids is 2. The number of carboxylic acid groups (broad SMARTS) is 1. The average molecular weight is 377 g/mol. The molecule has 1 atom stereocenters. The molecule has 0 saturated carbocycles. The summed E-state index contributed by atoms with van der Waals surface area (Å²) in [5.41, 5.74) is 0. The Morgan fingerprint density at radius 1 is 1.33 bits per heavy atom. The molecule has 1 unspecified atom stereocenters. The van der Waals surface area contributed by atoms with Crippen molar-refractivity contribution in [1.82, 2.24) is 0 Å². The van der Waals surface area contributed by atoms with E-state index in [1.807, 2.05) is 0 Å². The minimum atomic E-state index is -1.35. The molecule has 0 rings (SSSR count). The van der Waals surface area contributed by atoms with Crippen molar-refractivity contribution < 1.29 is 29.0 Å². The number of carbonyl (C=O) groups is 2. The second-order valence-electron chi connectivity index (χ2n) is 4.56. The Morgan fingerprint density at radius 3 is 1.83 bits per heavy atom. The first-order valence-corrected chi connectivity index (χ1v) is 5.43. The van der Waals surface area contributed by atoms with Gasteiger partial charge in [0.05, 0.1) is 33.7 Å². The lowest BCUT2D eigenvalue weighted by Crippen LogP contribution is -2.37. The fraction of sp³-hybridized carbons (Fsp3) is 0.818. The van der Waals surface area contributed by atoms with Gasteiger partial charge in [0.2, 0.25) is 0 Å². The summed E-state index contributed by atoms with van der Waals surface area (Å²) in [4.78, 5) is 20.3. The summed E-state index contributed by atoms with van der Waals surface area (Å²) in [6, 6.07) is 0. The van der Waals surface area contributed by atoms with Crippen molar-refractivity contribution in [2.45, 2.75) is 26.4 Å². The Hall–Kier alpha value is -0.410. The van der Waals surface area contributed by atoms with Crippen LogP contribution < -0.4 is 5.11 Å². The highest BCUT2D eigenvalue weighted by Gasteiger charge is 2.09. The van der Waals surface area contributed by atoms with Gasteiger partial charge in [-0.25, -0.2) is 0 Å². The molecule has 0 fully saturated rings. The van der Waals surface area contributed by atoms with E-state index < -0.39 is 18.0 Å². The molecule has 110 valence electrons. The Kier molecular flexibility index (Phi) is 14.7. The number of halogens is 1. The van der Waals surface area contributed by atoms with E-state index in [9.17, 15) is 14.7 Å². The van der Waals surface area contributed by atoms with Gasteiger partial charge in [-0.05, 0) is 6.42 Å². The third-order valence-electron chi connectivity index (χ3n) is 1.71. The van der Waals surface area contributed by atoms with Gasteiger partial charge in [-0.2, -0.15) is 0 Å². The lowest BCUT2D eigenvalue weighted by atomic mass is 10.3. The topological polar surface area (TPSA) is 86.7 Å². The van der Waals surface area contributed by atoms with Gasteiger partial charge in [-0.3, -0.25) is 4.79 Å². The van der Waals surface area contributed by atoms with Gasteiger partial charge in [0.15, 0.2) is 0 Å². The summed E-state index contributed by atoms with van der Waals surface area (Å²) in [5, 5.41) is 18.5. The van der Waals surface area contributed by atoms with Crippen LogP contribution in [0.4, 0.5) is 0 Å². The molecule has 0 aliphatic rings. The smallest absolute Gasteiger partial charge is 0.303 e. The Bertz CT molecular complexity index is 240. The largest absolute Gasteiger partial charge is 0.546 e. The highest BCUT2D eigenvalue weighted by Crippen LogP contribution is 1.95. The molecule has 1 N–H and O–H groups in total. The number of esters is 1.